The van der Waals surface area contributed by atoms with Gasteiger partial charge in [0.2, 0.25) is 5.91 Å². The van der Waals surface area contributed by atoms with E-state index in [1.54, 1.807) is 20.2 Å². The quantitative estimate of drug-likeness (QED) is 0.568. The van der Waals surface area contributed by atoms with Gasteiger partial charge in [0.05, 0.1) is 11.6 Å². The first-order valence-corrected chi connectivity index (χ1v) is 12.9. The highest BCUT2D eigenvalue weighted by atomic mass is 35.5. The lowest BCUT2D eigenvalue weighted by Crippen LogP contribution is -2.34. The highest BCUT2D eigenvalue weighted by Crippen LogP contribution is 2.37. The molecule has 0 spiro atoms. The number of benzene rings is 2. The molecule has 1 aliphatic carbocycles. The summed E-state index contributed by atoms with van der Waals surface area (Å²) < 4.78 is 6.36. The molecular formula is C28H35ClN2O4. The highest BCUT2D eigenvalue weighted by molar-refractivity contribution is 6.30. The topological polar surface area (TPSA) is 70.1 Å². The van der Waals surface area contributed by atoms with Gasteiger partial charge in [-0.15, -0.1) is 0 Å². The van der Waals surface area contributed by atoms with Crippen molar-refractivity contribution < 1.29 is 19.4 Å². The average molecular weight is 499 g/mol. The second-order valence-electron chi connectivity index (χ2n) is 10.0. The smallest absolute Gasteiger partial charge is 0.311 e. The molecule has 0 radical (unpaired) electrons. The minimum Gasteiger partial charge on any atom is -0.487 e. The van der Waals surface area contributed by atoms with Crippen molar-refractivity contribution in [3.63, 3.8) is 0 Å². The summed E-state index contributed by atoms with van der Waals surface area (Å²) in [6.07, 6.45) is 6.66. The van der Waals surface area contributed by atoms with E-state index in [4.69, 9.17) is 16.3 Å². The van der Waals surface area contributed by atoms with Crippen molar-refractivity contribution in [3.05, 3.63) is 58.1 Å². The summed E-state index contributed by atoms with van der Waals surface area (Å²) in [5, 5.41) is 10.7. The standard InChI is InChI=1S/C28H35ClN2O4/c1-30(2)27(32)16-24(28(33)34)21-10-12-26-25(15-21)31(17-19-6-5-7-19)13-4-3-8-20-14-23(29)11-9-22(20)18-35-26/h9-12,14-15,19,24H,3-8,13,16-18H2,1-2H3,(H,33,34)/t24-/m1/s1. The van der Waals surface area contributed by atoms with Crippen LogP contribution in [0, 0.1) is 5.92 Å². The van der Waals surface area contributed by atoms with Crippen LogP contribution >= 0.6 is 11.6 Å². The number of carboxylic acids is 1. The van der Waals surface area contributed by atoms with Gasteiger partial charge < -0.3 is 19.6 Å². The number of fused-ring (bicyclic) bond motifs is 2. The van der Waals surface area contributed by atoms with Gasteiger partial charge in [0.25, 0.3) is 0 Å². The zero-order valence-corrected chi connectivity index (χ0v) is 21.4. The fourth-order valence-corrected chi connectivity index (χ4v) is 5.06. The number of carboxylic acid groups (broad SMARTS) is 1. The monoisotopic (exact) mass is 498 g/mol. The molecule has 2 aromatic carbocycles. The Morgan fingerprint density at radius 2 is 1.91 bits per heavy atom. The fourth-order valence-electron chi connectivity index (χ4n) is 4.86. The van der Waals surface area contributed by atoms with Gasteiger partial charge in [0.15, 0.2) is 0 Å². The molecule has 1 saturated carbocycles. The number of carbonyl (C=O) groups is 2. The lowest BCUT2D eigenvalue weighted by molar-refractivity contribution is -0.142. The molecule has 188 valence electrons. The molecule has 0 unspecified atom stereocenters. The normalized spacial score (nSPS) is 17.2. The third kappa shape index (κ3) is 6.29. The van der Waals surface area contributed by atoms with E-state index in [0.717, 1.165) is 54.4 Å². The van der Waals surface area contributed by atoms with Crippen molar-refractivity contribution in [2.75, 3.05) is 32.1 Å². The summed E-state index contributed by atoms with van der Waals surface area (Å²) in [7, 11) is 3.30. The van der Waals surface area contributed by atoms with Gasteiger partial charge in [-0.25, -0.2) is 0 Å². The van der Waals surface area contributed by atoms with E-state index >= 15 is 0 Å². The van der Waals surface area contributed by atoms with Crippen molar-refractivity contribution in [3.8, 4) is 5.75 Å². The first kappa shape index (κ1) is 25.4. The predicted octanol–water partition coefficient (Wildman–Crippen LogP) is 5.51. The predicted molar refractivity (Wildman–Crippen MR) is 138 cm³/mol. The number of aryl methyl sites for hydroxylation is 1. The molecule has 35 heavy (non-hydrogen) atoms. The van der Waals surface area contributed by atoms with Crippen LogP contribution in [0.2, 0.25) is 5.02 Å². The van der Waals surface area contributed by atoms with E-state index < -0.39 is 11.9 Å². The van der Waals surface area contributed by atoms with E-state index in [0.29, 0.717) is 18.1 Å². The zero-order chi connectivity index (χ0) is 24.9. The Kier molecular flexibility index (Phi) is 8.22. The molecule has 1 heterocycles. The van der Waals surface area contributed by atoms with Crippen LogP contribution in [0.1, 0.15) is 61.1 Å². The largest absolute Gasteiger partial charge is 0.487 e. The second-order valence-corrected chi connectivity index (χ2v) is 10.4. The third-order valence-corrected chi connectivity index (χ3v) is 7.52. The van der Waals surface area contributed by atoms with Gasteiger partial charge in [-0.2, -0.15) is 0 Å². The molecule has 2 aliphatic rings. The summed E-state index contributed by atoms with van der Waals surface area (Å²) in [5.41, 5.74) is 3.90. The van der Waals surface area contributed by atoms with Crippen LogP contribution in [0.5, 0.6) is 5.75 Å². The van der Waals surface area contributed by atoms with E-state index in [-0.39, 0.29) is 12.3 Å². The molecule has 1 aliphatic heterocycles. The maximum Gasteiger partial charge on any atom is 0.311 e. The van der Waals surface area contributed by atoms with Crippen LogP contribution in [0.3, 0.4) is 0 Å². The van der Waals surface area contributed by atoms with Gasteiger partial charge >= 0.3 is 5.97 Å². The van der Waals surface area contributed by atoms with Crippen molar-refractivity contribution >= 4 is 29.2 Å². The molecule has 0 aromatic heterocycles. The van der Waals surface area contributed by atoms with E-state index in [1.807, 2.05) is 30.3 Å². The van der Waals surface area contributed by atoms with Crippen LogP contribution in [0.4, 0.5) is 5.69 Å². The number of halogens is 1. The highest BCUT2D eigenvalue weighted by Gasteiger charge is 2.28. The van der Waals surface area contributed by atoms with Crippen molar-refractivity contribution in [2.45, 2.75) is 57.5 Å². The number of aliphatic carboxylic acids is 1. The Balaban J connectivity index is 1.69. The molecule has 1 amide bonds. The number of rotatable bonds is 6. The number of hydrogen-bond acceptors (Lipinski definition) is 4. The van der Waals surface area contributed by atoms with Gasteiger partial charge in [-0.05, 0) is 79.0 Å². The first-order valence-electron chi connectivity index (χ1n) is 12.5. The lowest BCUT2D eigenvalue weighted by atomic mass is 9.85. The molecule has 1 N–H and O–H groups in total. The summed E-state index contributed by atoms with van der Waals surface area (Å²) >= 11 is 6.26. The maximum absolute atomic E-state index is 12.4. The van der Waals surface area contributed by atoms with Crippen LogP contribution in [-0.2, 0) is 22.6 Å². The fraction of sp³-hybridized carbons (Fsp3) is 0.500. The Hall–Kier alpha value is -2.73. The summed E-state index contributed by atoms with van der Waals surface area (Å²) in [6.45, 7) is 2.24. The number of hydrogen-bond donors (Lipinski definition) is 1. The zero-order valence-electron chi connectivity index (χ0n) is 20.6. The van der Waals surface area contributed by atoms with Crippen molar-refractivity contribution in [2.24, 2.45) is 5.92 Å². The van der Waals surface area contributed by atoms with Crippen molar-refractivity contribution in [1.29, 1.82) is 0 Å². The SMILES string of the molecule is CN(C)C(=O)C[C@@H](C(=O)O)c1ccc2c(c1)N(CC1CCC1)CCCCc1cc(Cl)ccc1CO2. The minimum atomic E-state index is -0.992. The van der Waals surface area contributed by atoms with Crippen molar-refractivity contribution in [1.82, 2.24) is 4.90 Å². The average Bonchev–Trinajstić information content (AvgIpc) is 2.82. The molecule has 7 heteroatoms. The van der Waals surface area contributed by atoms with Crippen LogP contribution in [-0.4, -0.2) is 49.1 Å². The van der Waals surface area contributed by atoms with Gasteiger partial charge in [0.1, 0.15) is 12.4 Å². The number of amides is 1. The molecule has 4 rings (SSSR count). The Morgan fingerprint density at radius 1 is 1.11 bits per heavy atom. The minimum absolute atomic E-state index is 0.0707. The number of carbonyl (C=O) groups excluding carboxylic acids is 1. The second kappa shape index (κ2) is 11.3. The Morgan fingerprint density at radius 3 is 2.60 bits per heavy atom. The van der Waals surface area contributed by atoms with Crippen LogP contribution in [0.15, 0.2) is 36.4 Å². The summed E-state index contributed by atoms with van der Waals surface area (Å²) in [5.74, 6) is -0.695. The first-order chi connectivity index (χ1) is 16.8. The van der Waals surface area contributed by atoms with Gasteiger partial charge in [-0.3, -0.25) is 9.59 Å². The summed E-state index contributed by atoms with van der Waals surface area (Å²) in [6, 6.07) is 11.6. The van der Waals surface area contributed by atoms with Gasteiger partial charge in [0, 0.05) is 38.6 Å². The molecular weight excluding hydrogens is 464 g/mol. The molecule has 2 aromatic rings. The van der Waals surface area contributed by atoms with E-state index in [9.17, 15) is 14.7 Å². The maximum atomic E-state index is 12.4. The Bertz CT molecular complexity index is 1070. The van der Waals surface area contributed by atoms with E-state index in [1.165, 1.54) is 29.7 Å². The molecule has 0 bridgehead atoms. The number of anilines is 1. The number of ether oxygens (including phenoxy) is 1. The van der Waals surface area contributed by atoms with Gasteiger partial charge in [-0.1, -0.05) is 30.2 Å². The molecule has 6 nitrogen and oxygen atoms in total. The Labute approximate surface area is 212 Å². The lowest BCUT2D eigenvalue weighted by Gasteiger charge is -2.35. The number of nitrogens with zero attached hydrogens (tertiary/aromatic N) is 2. The molecule has 1 fully saturated rings. The van der Waals surface area contributed by atoms with Crippen LogP contribution < -0.4 is 9.64 Å². The third-order valence-electron chi connectivity index (χ3n) is 7.28. The van der Waals surface area contributed by atoms with E-state index in [2.05, 4.69) is 4.90 Å². The molecule has 0 saturated heterocycles. The molecule has 1 atom stereocenters. The summed E-state index contributed by atoms with van der Waals surface area (Å²) in [4.78, 5) is 28.3. The van der Waals surface area contributed by atoms with Crippen LogP contribution in [0.25, 0.3) is 0 Å².